The molecule has 1 amide bonds. The average Bonchev–Trinajstić information content (AvgIpc) is 2.81. The summed E-state index contributed by atoms with van der Waals surface area (Å²) in [5, 5.41) is 10.3. The molecule has 2 aromatic rings. The monoisotopic (exact) mass is 331 g/mol. The van der Waals surface area contributed by atoms with E-state index in [0.717, 1.165) is 16.0 Å². The fourth-order valence-corrected chi connectivity index (χ4v) is 3.64. The number of carbonyl (C=O) groups is 1. The van der Waals surface area contributed by atoms with Gasteiger partial charge in [-0.2, -0.15) is 0 Å². The number of carbonyl (C=O) groups excluding carboxylic acids is 1. The van der Waals surface area contributed by atoms with Crippen molar-refractivity contribution in [2.24, 2.45) is 5.92 Å². The van der Waals surface area contributed by atoms with Crippen LogP contribution in [-0.2, 0) is 11.3 Å². The van der Waals surface area contributed by atoms with Gasteiger partial charge in [-0.3, -0.25) is 4.79 Å². The maximum Gasteiger partial charge on any atom is 0.225 e. The molecular formula is C18H21NO3S. The van der Waals surface area contributed by atoms with Crippen LogP contribution in [0.1, 0.15) is 24.3 Å². The lowest BCUT2D eigenvalue weighted by Crippen LogP contribution is -2.35. The van der Waals surface area contributed by atoms with Gasteiger partial charge >= 0.3 is 0 Å². The molecule has 1 aromatic heterocycles. The predicted molar refractivity (Wildman–Crippen MR) is 91.9 cm³/mol. The van der Waals surface area contributed by atoms with E-state index in [2.05, 4.69) is 19.1 Å². The number of phenols is 1. The first-order valence-corrected chi connectivity index (χ1v) is 8.61. The SMILES string of the molecule is Cc1ccc(-c2cc(O)c3c(c2)CN(C(=O)C(C)C)CCO3)s1. The number of fused-ring (bicyclic) bond motifs is 1. The second-order valence-electron chi connectivity index (χ2n) is 6.16. The summed E-state index contributed by atoms with van der Waals surface area (Å²) in [4.78, 5) is 16.4. The summed E-state index contributed by atoms with van der Waals surface area (Å²) in [6.07, 6.45) is 0. The maximum absolute atomic E-state index is 12.3. The molecule has 0 bridgehead atoms. The van der Waals surface area contributed by atoms with Crippen LogP contribution in [0.4, 0.5) is 0 Å². The zero-order chi connectivity index (χ0) is 16.6. The first kappa shape index (κ1) is 15.9. The Balaban J connectivity index is 1.99. The van der Waals surface area contributed by atoms with Crippen molar-refractivity contribution in [1.82, 2.24) is 4.90 Å². The fraction of sp³-hybridized carbons (Fsp3) is 0.389. The first-order chi connectivity index (χ1) is 11.0. The number of aromatic hydroxyl groups is 1. The summed E-state index contributed by atoms with van der Waals surface area (Å²) in [6.45, 7) is 7.27. The van der Waals surface area contributed by atoms with Crippen molar-refractivity contribution in [3.8, 4) is 21.9 Å². The molecule has 1 aliphatic rings. The van der Waals surface area contributed by atoms with Crippen molar-refractivity contribution in [2.45, 2.75) is 27.3 Å². The van der Waals surface area contributed by atoms with Crippen molar-refractivity contribution in [2.75, 3.05) is 13.2 Å². The zero-order valence-corrected chi connectivity index (χ0v) is 14.4. The van der Waals surface area contributed by atoms with E-state index in [1.165, 1.54) is 4.88 Å². The number of aryl methyl sites for hydroxylation is 1. The minimum atomic E-state index is -0.0479. The Morgan fingerprint density at radius 1 is 1.35 bits per heavy atom. The third kappa shape index (κ3) is 3.20. The predicted octanol–water partition coefficient (Wildman–Crippen LogP) is 3.81. The molecule has 23 heavy (non-hydrogen) atoms. The van der Waals surface area contributed by atoms with Crippen LogP contribution in [0, 0.1) is 12.8 Å². The maximum atomic E-state index is 12.3. The van der Waals surface area contributed by atoms with Crippen molar-refractivity contribution in [1.29, 1.82) is 0 Å². The summed E-state index contributed by atoms with van der Waals surface area (Å²) in [5.41, 5.74) is 1.82. The van der Waals surface area contributed by atoms with E-state index in [0.29, 0.717) is 25.4 Å². The number of hydrogen-bond acceptors (Lipinski definition) is 4. The van der Waals surface area contributed by atoms with Crippen LogP contribution in [0.25, 0.3) is 10.4 Å². The Labute approximate surface area is 140 Å². The number of rotatable bonds is 2. The summed E-state index contributed by atoms with van der Waals surface area (Å²) < 4.78 is 5.69. The van der Waals surface area contributed by atoms with Gasteiger partial charge in [-0.05, 0) is 36.8 Å². The van der Waals surface area contributed by atoms with Gasteiger partial charge in [0.15, 0.2) is 11.5 Å². The molecule has 3 rings (SSSR count). The molecule has 0 fully saturated rings. The topological polar surface area (TPSA) is 49.8 Å². The molecule has 5 heteroatoms. The van der Waals surface area contributed by atoms with Crippen molar-refractivity contribution in [3.05, 3.63) is 34.7 Å². The lowest BCUT2D eigenvalue weighted by Gasteiger charge is -2.22. The molecule has 122 valence electrons. The molecule has 0 radical (unpaired) electrons. The molecule has 4 nitrogen and oxygen atoms in total. The normalized spacial score (nSPS) is 14.3. The molecular weight excluding hydrogens is 310 g/mol. The van der Waals surface area contributed by atoms with Crippen molar-refractivity contribution in [3.63, 3.8) is 0 Å². The average molecular weight is 331 g/mol. The Kier molecular flexibility index (Phi) is 4.31. The van der Waals surface area contributed by atoms with Gasteiger partial charge in [-0.1, -0.05) is 13.8 Å². The van der Waals surface area contributed by atoms with Gasteiger partial charge in [0, 0.05) is 27.8 Å². The van der Waals surface area contributed by atoms with Crippen molar-refractivity contribution >= 4 is 17.2 Å². The van der Waals surface area contributed by atoms with E-state index in [1.807, 2.05) is 19.9 Å². The van der Waals surface area contributed by atoms with Crippen LogP contribution in [0.5, 0.6) is 11.5 Å². The largest absolute Gasteiger partial charge is 0.504 e. The number of ether oxygens (including phenoxy) is 1. The van der Waals surface area contributed by atoms with Gasteiger partial charge in [0.2, 0.25) is 5.91 Å². The molecule has 1 aliphatic heterocycles. The van der Waals surface area contributed by atoms with Gasteiger partial charge in [0.1, 0.15) is 6.61 Å². The molecule has 0 aliphatic carbocycles. The van der Waals surface area contributed by atoms with Crippen LogP contribution in [0.2, 0.25) is 0 Å². The highest BCUT2D eigenvalue weighted by Gasteiger charge is 2.24. The van der Waals surface area contributed by atoms with E-state index >= 15 is 0 Å². The molecule has 1 aromatic carbocycles. The van der Waals surface area contributed by atoms with Gasteiger partial charge in [0.05, 0.1) is 6.54 Å². The third-order valence-corrected chi connectivity index (χ3v) is 5.00. The zero-order valence-electron chi connectivity index (χ0n) is 13.6. The van der Waals surface area contributed by atoms with Crippen LogP contribution in [0.3, 0.4) is 0 Å². The fourth-order valence-electron chi connectivity index (χ4n) is 2.78. The van der Waals surface area contributed by atoms with E-state index in [4.69, 9.17) is 4.74 Å². The minimum absolute atomic E-state index is 0.0479. The molecule has 0 saturated heterocycles. The van der Waals surface area contributed by atoms with Gasteiger partial charge in [-0.15, -0.1) is 11.3 Å². The van der Waals surface area contributed by atoms with Crippen molar-refractivity contribution < 1.29 is 14.6 Å². The standard InChI is InChI=1S/C18H21NO3S/c1-11(2)18(21)19-6-7-22-17-14(10-19)8-13(9-15(17)20)16-5-4-12(3)23-16/h4-5,8-9,11,20H,6-7,10H2,1-3H3. The quantitative estimate of drug-likeness (QED) is 0.910. The number of thiophene rings is 1. The summed E-state index contributed by atoms with van der Waals surface area (Å²) in [5.74, 6) is 0.704. The highest BCUT2D eigenvalue weighted by molar-refractivity contribution is 7.15. The Hall–Kier alpha value is -2.01. The number of benzene rings is 1. The second kappa shape index (κ2) is 6.24. The second-order valence-corrected chi connectivity index (χ2v) is 7.44. The lowest BCUT2D eigenvalue weighted by molar-refractivity contribution is -0.135. The van der Waals surface area contributed by atoms with E-state index in [-0.39, 0.29) is 17.6 Å². The van der Waals surface area contributed by atoms with E-state index in [9.17, 15) is 9.90 Å². The highest BCUT2D eigenvalue weighted by Crippen LogP contribution is 2.39. The smallest absolute Gasteiger partial charge is 0.225 e. The minimum Gasteiger partial charge on any atom is -0.504 e. The van der Waals surface area contributed by atoms with Crippen LogP contribution in [0.15, 0.2) is 24.3 Å². The molecule has 0 saturated carbocycles. The first-order valence-electron chi connectivity index (χ1n) is 7.80. The Bertz CT molecular complexity index is 736. The number of hydrogen-bond donors (Lipinski definition) is 1. The summed E-state index contributed by atoms with van der Waals surface area (Å²) in [7, 11) is 0. The van der Waals surface area contributed by atoms with E-state index < -0.39 is 0 Å². The number of amides is 1. The Morgan fingerprint density at radius 2 is 2.13 bits per heavy atom. The molecule has 0 unspecified atom stereocenters. The Morgan fingerprint density at radius 3 is 2.78 bits per heavy atom. The summed E-state index contributed by atoms with van der Waals surface area (Å²) >= 11 is 1.68. The van der Waals surface area contributed by atoms with Gasteiger partial charge in [0.25, 0.3) is 0 Å². The number of phenolic OH excluding ortho intramolecular Hbond substituents is 1. The van der Waals surface area contributed by atoms with Gasteiger partial charge < -0.3 is 14.7 Å². The van der Waals surface area contributed by atoms with Gasteiger partial charge in [-0.25, -0.2) is 0 Å². The lowest BCUT2D eigenvalue weighted by atomic mass is 10.1. The van der Waals surface area contributed by atoms with E-state index in [1.54, 1.807) is 22.3 Å². The number of nitrogens with zero attached hydrogens (tertiary/aromatic N) is 1. The summed E-state index contributed by atoms with van der Waals surface area (Å²) in [6, 6.07) is 7.87. The van der Waals surface area contributed by atoms with Crippen LogP contribution < -0.4 is 4.74 Å². The molecule has 0 atom stereocenters. The third-order valence-electron chi connectivity index (χ3n) is 3.95. The molecule has 0 spiro atoms. The van der Waals surface area contributed by atoms with Crippen LogP contribution >= 0.6 is 11.3 Å². The molecule has 2 heterocycles. The highest BCUT2D eigenvalue weighted by atomic mass is 32.1. The molecule has 1 N–H and O–H groups in total. The van der Waals surface area contributed by atoms with Crippen LogP contribution in [-0.4, -0.2) is 29.1 Å².